The van der Waals surface area contributed by atoms with E-state index in [2.05, 4.69) is 25.2 Å². The van der Waals surface area contributed by atoms with E-state index in [0.717, 1.165) is 30.2 Å². The van der Waals surface area contributed by atoms with Crippen LogP contribution in [-0.2, 0) is 0 Å². The van der Waals surface area contributed by atoms with E-state index in [-0.39, 0.29) is 12.2 Å². The lowest BCUT2D eigenvalue weighted by atomic mass is 10.2. The van der Waals surface area contributed by atoms with Crippen LogP contribution in [0.5, 0.6) is 11.5 Å². The molecule has 2 aromatic carbocycles. The third kappa shape index (κ3) is 5.51. The highest BCUT2D eigenvalue weighted by atomic mass is 16.5. The van der Waals surface area contributed by atoms with Crippen molar-refractivity contribution >= 4 is 5.69 Å². The Hall–Kier alpha value is -2.16. The van der Waals surface area contributed by atoms with Crippen LogP contribution in [0.4, 0.5) is 5.69 Å². The van der Waals surface area contributed by atoms with Gasteiger partial charge in [-0.05, 0) is 63.1 Å². The summed E-state index contributed by atoms with van der Waals surface area (Å²) in [5.74, 6) is 1.86. The fourth-order valence-electron chi connectivity index (χ4n) is 2.29. The summed E-state index contributed by atoms with van der Waals surface area (Å²) in [5, 5.41) is 3.44. The van der Waals surface area contributed by atoms with Gasteiger partial charge in [0.1, 0.15) is 17.6 Å². The van der Waals surface area contributed by atoms with Crippen LogP contribution >= 0.6 is 0 Å². The van der Waals surface area contributed by atoms with E-state index < -0.39 is 0 Å². The van der Waals surface area contributed by atoms with E-state index in [4.69, 9.17) is 9.47 Å². The van der Waals surface area contributed by atoms with Crippen molar-refractivity contribution in [3.8, 4) is 11.5 Å². The van der Waals surface area contributed by atoms with Crippen LogP contribution in [0.15, 0.2) is 48.5 Å². The molecule has 0 amide bonds. The molecule has 23 heavy (non-hydrogen) atoms. The largest absolute Gasteiger partial charge is 0.491 e. The molecule has 0 heterocycles. The molecule has 0 saturated carbocycles. The van der Waals surface area contributed by atoms with Crippen LogP contribution < -0.4 is 14.8 Å². The van der Waals surface area contributed by atoms with Gasteiger partial charge in [0.2, 0.25) is 0 Å². The summed E-state index contributed by atoms with van der Waals surface area (Å²) in [7, 11) is 0. The van der Waals surface area contributed by atoms with Crippen LogP contribution in [0, 0.1) is 6.92 Å². The first-order chi connectivity index (χ1) is 11.1. The molecule has 0 radical (unpaired) electrons. The highest BCUT2D eigenvalue weighted by Gasteiger charge is 2.09. The minimum Gasteiger partial charge on any atom is -0.491 e. The number of benzene rings is 2. The van der Waals surface area contributed by atoms with Crippen molar-refractivity contribution in [2.24, 2.45) is 0 Å². The van der Waals surface area contributed by atoms with Crippen molar-refractivity contribution in [1.29, 1.82) is 0 Å². The summed E-state index contributed by atoms with van der Waals surface area (Å²) < 4.78 is 11.8. The average Bonchev–Trinajstić information content (AvgIpc) is 2.54. The summed E-state index contributed by atoms with van der Waals surface area (Å²) in [5.41, 5.74) is 2.24. The van der Waals surface area contributed by atoms with Crippen LogP contribution in [0.25, 0.3) is 0 Å². The number of hydrogen-bond donors (Lipinski definition) is 1. The minimum atomic E-state index is 0.141. The molecule has 0 bridgehead atoms. The summed E-state index contributed by atoms with van der Waals surface area (Å²) in [6.07, 6.45) is 1.29. The second-order valence-corrected chi connectivity index (χ2v) is 5.99. The highest BCUT2D eigenvalue weighted by Crippen LogP contribution is 2.20. The second kappa shape index (κ2) is 8.47. The number of para-hydroxylation sites is 1. The van der Waals surface area contributed by atoms with Crippen molar-refractivity contribution < 1.29 is 9.47 Å². The number of ether oxygens (including phenoxy) is 2. The Bertz CT molecular complexity index is 593. The van der Waals surface area contributed by atoms with E-state index >= 15 is 0 Å². The predicted octanol–water partition coefficient (Wildman–Crippen LogP) is 5.05. The molecule has 0 aromatic heterocycles. The molecule has 1 unspecified atom stereocenters. The Kier molecular flexibility index (Phi) is 6.33. The predicted molar refractivity (Wildman–Crippen MR) is 96.6 cm³/mol. The normalized spacial score (nSPS) is 12.0. The topological polar surface area (TPSA) is 30.5 Å². The van der Waals surface area contributed by atoms with E-state index in [1.807, 2.05) is 56.3 Å². The molecule has 0 aliphatic rings. The fourth-order valence-corrected chi connectivity index (χ4v) is 2.29. The maximum absolute atomic E-state index is 6.11. The van der Waals surface area contributed by atoms with Gasteiger partial charge in [0, 0.05) is 5.69 Å². The van der Waals surface area contributed by atoms with Gasteiger partial charge in [0.25, 0.3) is 0 Å². The van der Waals surface area contributed by atoms with Crippen molar-refractivity contribution in [2.75, 3.05) is 11.9 Å². The minimum absolute atomic E-state index is 0.141. The average molecular weight is 313 g/mol. The smallest absolute Gasteiger partial charge is 0.122 e. The molecule has 2 rings (SSSR count). The maximum Gasteiger partial charge on any atom is 0.122 e. The first kappa shape index (κ1) is 17.2. The van der Waals surface area contributed by atoms with Crippen molar-refractivity contribution in [2.45, 2.75) is 46.3 Å². The zero-order chi connectivity index (χ0) is 16.7. The Morgan fingerprint density at radius 3 is 2.26 bits per heavy atom. The van der Waals surface area contributed by atoms with E-state index in [1.54, 1.807) is 0 Å². The number of aryl methyl sites for hydroxylation is 1. The summed E-state index contributed by atoms with van der Waals surface area (Å²) in [4.78, 5) is 0. The molecule has 3 nitrogen and oxygen atoms in total. The van der Waals surface area contributed by atoms with Crippen molar-refractivity contribution in [1.82, 2.24) is 0 Å². The fraction of sp³-hybridized carbons (Fsp3) is 0.400. The zero-order valence-electron chi connectivity index (χ0n) is 14.5. The van der Waals surface area contributed by atoms with Gasteiger partial charge in [-0.1, -0.05) is 25.1 Å². The third-order valence-corrected chi connectivity index (χ3v) is 3.60. The van der Waals surface area contributed by atoms with Gasteiger partial charge >= 0.3 is 0 Å². The maximum atomic E-state index is 6.11. The van der Waals surface area contributed by atoms with Gasteiger partial charge in [-0.3, -0.25) is 0 Å². The Morgan fingerprint density at radius 2 is 1.65 bits per heavy atom. The Morgan fingerprint density at radius 1 is 0.957 bits per heavy atom. The molecule has 0 saturated heterocycles. The Labute approximate surface area is 139 Å². The summed E-state index contributed by atoms with van der Waals surface area (Å²) in [6.45, 7) is 9.05. The molecule has 1 N–H and O–H groups in total. The summed E-state index contributed by atoms with van der Waals surface area (Å²) >= 11 is 0. The van der Waals surface area contributed by atoms with Gasteiger partial charge < -0.3 is 14.8 Å². The van der Waals surface area contributed by atoms with Gasteiger partial charge in [-0.2, -0.15) is 0 Å². The molecule has 1 atom stereocenters. The number of anilines is 1. The molecule has 124 valence electrons. The molecular formula is C20H27NO2. The van der Waals surface area contributed by atoms with Crippen LogP contribution in [0.3, 0.4) is 0 Å². The van der Waals surface area contributed by atoms with E-state index in [9.17, 15) is 0 Å². The number of hydrogen-bond acceptors (Lipinski definition) is 3. The zero-order valence-corrected chi connectivity index (χ0v) is 14.5. The van der Waals surface area contributed by atoms with Crippen molar-refractivity contribution in [3.63, 3.8) is 0 Å². The van der Waals surface area contributed by atoms with Crippen LogP contribution in [0.1, 0.15) is 32.8 Å². The lowest BCUT2D eigenvalue weighted by Gasteiger charge is -2.20. The van der Waals surface area contributed by atoms with E-state index in [1.165, 1.54) is 5.56 Å². The Balaban J connectivity index is 1.89. The van der Waals surface area contributed by atoms with Crippen molar-refractivity contribution in [3.05, 3.63) is 54.1 Å². The lowest BCUT2D eigenvalue weighted by Crippen LogP contribution is -2.25. The van der Waals surface area contributed by atoms with Gasteiger partial charge in [-0.15, -0.1) is 0 Å². The second-order valence-electron chi connectivity index (χ2n) is 5.99. The molecule has 2 aromatic rings. The molecule has 0 spiro atoms. The highest BCUT2D eigenvalue weighted by molar-refractivity contribution is 5.46. The van der Waals surface area contributed by atoms with E-state index in [0.29, 0.717) is 0 Å². The quantitative estimate of drug-likeness (QED) is 0.739. The number of nitrogens with one attached hydrogen (secondary N) is 1. The third-order valence-electron chi connectivity index (χ3n) is 3.60. The standard InChI is InChI=1S/C20H27NO2/c1-5-18(23-20-9-7-6-8-16(20)4)14-21-17-10-12-19(13-11-17)22-15(2)3/h6-13,15,18,21H,5,14H2,1-4H3. The van der Waals surface area contributed by atoms with Crippen LogP contribution in [0.2, 0.25) is 0 Å². The molecule has 0 fully saturated rings. The molecular weight excluding hydrogens is 286 g/mol. The monoisotopic (exact) mass is 313 g/mol. The SMILES string of the molecule is CCC(CNc1ccc(OC(C)C)cc1)Oc1ccccc1C. The lowest BCUT2D eigenvalue weighted by molar-refractivity contribution is 0.208. The number of rotatable bonds is 8. The molecule has 0 aliphatic carbocycles. The first-order valence-corrected chi connectivity index (χ1v) is 8.31. The van der Waals surface area contributed by atoms with Gasteiger partial charge in [-0.25, -0.2) is 0 Å². The first-order valence-electron chi connectivity index (χ1n) is 8.31. The van der Waals surface area contributed by atoms with Gasteiger partial charge in [0.05, 0.1) is 12.6 Å². The molecule has 0 aliphatic heterocycles. The molecule has 3 heteroatoms. The summed E-state index contributed by atoms with van der Waals surface area (Å²) in [6, 6.07) is 16.2. The van der Waals surface area contributed by atoms with Gasteiger partial charge in [0.15, 0.2) is 0 Å². The van der Waals surface area contributed by atoms with Crippen LogP contribution in [-0.4, -0.2) is 18.8 Å².